The van der Waals surface area contributed by atoms with Crippen LogP contribution >= 0.6 is 11.3 Å². The number of carbonyl (C=O) groups excluding carboxylic acids is 4. The Morgan fingerprint density at radius 2 is 2.03 bits per heavy atom. The Bertz CT molecular complexity index is 1250. The van der Waals surface area contributed by atoms with Crippen LogP contribution in [-0.2, 0) is 20.8 Å². The van der Waals surface area contributed by atoms with Gasteiger partial charge in [0, 0.05) is 37.3 Å². The smallest absolute Gasteiger partial charge is 0.526 e. The lowest BCUT2D eigenvalue weighted by Crippen LogP contribution is -2.58. The lowest BCUT2D eigenvalue weighted by atomic mass is 9.64. The highest BCUT2D eigenvalue weighted by atomic mass is 32.1. The molecule has 2 aliphatic rings. The van der Waals surface area contributed by atoms with E-state index in [0.29, 0.717) is 17.7 Å². The number of likely N-dealkylation sites (N-methyl/N-ethyl adjacent to an activating group) is 1. The highest BCUT2D eigenvalue weighted by Crippen LogP contribution is 2.38. The molecular weight excluding hydrogens is 503 g/mol. The summed E-state index contributed by atoms with van der Waals surface area (Å²) in [7, 11) is -1.45. The molecule has 12 nitrogen and oxygen atoms in total. The molecule has 4 rings (SSSR count). The predicted molar refractivity (Wildman–Crippen MR) is 131 cm³/mol. The SMILES string of the molecule is CCN1CCN(C(=O)NC(C(=O)C[C@H]2Cc3ccc(C)c(C(=O)O)c3OB2O)c2cscn2)C(=O)C1=O. The van der Waals surface area contributed by atoms with Gasteiger partial charge in [-0.05, 0) is 31.4 Å². The van der Waals surface area contributed by atoms with E-state index < -0.39 is 48.6 Å². The van der Waals surface area contributed by atoms with Crippen LogP contribution in [0.15, 0.2) is 23.0 Å². The molecule has 0 spiro atoms. The van der Waals surface area contributed by atoms with Gasteiger partial charge in [0.25, 0.3) is 0 Å². The Morgan fingerprint density at radius 3 is 2.68 bits per heavy atom. The minimum Gasteiger partial charge on any atom is -0.535 e. The summed E-state index contributed by atoms with van der Waals surface area (Å²) in [5.74, 6) is -4.10. The maximum atomic E-state index is 13.4. The number of nitrogens with zero attached hydrogens (tertiary/aromatic N) is 3. The van der Waals surface area contributed by atoms with E-state index in [4.69, 9.17) is 4.65 Å². The molecule has 4 amide bonds. The number of ketones is 1. The van der Waals surface area contributed by atoms with Crippen molar-refractivity contribution in [3.63, 3.8) is 0 Å². The number of fused-ring (bicyclic) bond motifs is 1. The number of hydrogen-bond acceptors (Lipinski definition) is 9. The standard InChI is InChI=1S/C23H25BN4O8S/c1-3-27-6-7-28(21(31)20(27)30)23(34)26-18(15-10-37-11-25-15)16(29)9-14-8-13-5-4-12(2)17(22(32)33)19(13)36-24(14)35/h4-5,10-11,14,18,35H,3,6-9H2,1-2H3,(H,26,34)(H,32,33)/t14-,18?/m1/s1. The summed E-state index contributed by atoms with van der Waals surface area (Å²) in [6, 6.07) is 1.20. The molecular formula is C23H25BN4O8S. The number of aromatic nitrogens is 1. The molecule has 0 aliphatic carbocycles. The summed E-state index contributed by atoms with van der Waals surface area (Å²) in [4.78, 5) is 68.8. The highest BCUT2D eigenvalue weighted by molar-refractivity contribution is 7.07. The largest absolute Gasteiger partial charge is 0.535 e. The minimum absolute atomic E-state index is 0.0144. The molecule has 1 fully saturated rings. The van der Waals surface area contributed by atoms with Crippen molar-refractivity contribution in [1.82, 2.24) is 20.1 Å². The van der Waals surface area contributed by atoms with Crippen molar-refractivity contribution in [2.45, 2.75) is 38.5 Å². The molecule has 1 aromatic heterocycles. The molecule has 3 heterocycles. The number of carbonyl (C=O) groups is 5. The van der Waals surface area contributed by atoms with Crippen molar-refractivity contribution >= 4 is 48.1 Å². The maximum Gasteiger partial charge on any atom is 0.526 e. The summed E-state index contributed by atoms with van der Waals surface area (Å²) in [5, 5.41) is 24.2. The molecule has 1 aromatic carbocycles. The van der Waals surface area contributed by atoms with E-state index in [1.54, 1.807) is 31.4 Å². The summed E-state index contributed by atoms with van der Waals surface area (Å²) < 4.78 is 5.54. The van der Waals surface area contributed by atoms with Crippen molar-refractivity contribution in [3.05, 3.63) is 45.4 Å². The van der Waals surface area contributed by atoms with E-state index in [9.17, 15) is 34.1 Å². The van der Waals surface area contributed by atoms with Crippen molar-refractivity contribution in [1.29, 1.82) is 0 Å². The molecule has 0 radical (unpaired) electrons. The second-order valence-electron chi connectivity index (χ2n) is 8.83. The average molecular weight is 528 g/mol. The summed E-state index contributed by atoms with van der Waals surface area (Å²) in [5.41, 5.74) is 2.72. The summed E-state index contributed by atoms with van der Waals surface area (Å²) >= 11 is 1.21. The fourth-order valence-corrected chi connectivity index (χ4v) is 5.07. The zero-order valence-electron chi connectivity index (χ0n) is 20.2. The van der Waals surface area contributed by atoms with Gasteiger partial charge in [0.2, 0.25) is 0 Å². The molecule has 2 aliphatic heterocycles. The zero-order chi connectivity index (χ0) is 26.9. The van der Waals surface area contributed by atoms with Gasteiger partial charge in [-0.15, -0.1) is 11.3 Å². The lowest BCUT2D eigenvalue weighted by Gasteiger charge is -2.33. The Kier molecular flexibility index (Phi) is 7.59. The zero-order valence-corrected chi connectivity index (χ0v) is 21.0. The van der Waals surface area contributed by atoms with Crippen LogP contribution in [0.25, 0.3) is 0 Å². The van der Waals surface area contributed by atoms with Crippen LogP contribution in [0.1, 0.15) is 46.6 Å². The quantitative estimate of drug-likeness (QED) is 0.351. The summed E-state index contributed by atoms with van der Waals surface area (Å²) in [6.45, 7) is 3.86. The van der Waals surface area contributed by atoms with Gasteiger partial charge < -0.3 is 25.0 Å². The van der Waals surface area contributed by atoms with E-state index in [2.05, 4.69) is 10.3 Å². The predicted octanol–water partition coefficient (Wildman–Crippen LogP) is 1.04. The molecule has 3 N–H and O–H groups in total. The molecule has 0 saturated carbocycles. The minimum atomic E-state index is -1.45. The molecule has 1 unspecified atom stereocenters. The van der Waals surface area contributed by atoms with Crippen molar-refractivity contribution in [2.24, 2.45) is 0 Å². The first kappa shape index (κ1) is 26.3. The fraction of sp³-hybridized carbons (Fsp3) is 0.391. The average Bonchev–Trinajstić information content (AvgIpc) is 3.39. The number of aromatic carboxylic acids is 1. The van der Waals surface area contributed by atoms with Crippen molar-refractivity contribution in [2.75, 3.05) is 19.6 Å². The Labute approximate surface area is 216 Å². The molecule has 194 valence electrons. The van der Waals surface area contributed by atoms with Crippen LogP contribution in [0, 0.1) is 6.92 Å². The number of aryl methyl sites for hydroxylation is 1. The van der Waals surface area contributed by atoms with Gasteiger partial charge in [-0.1, -0.05) is 12.1 Å². The number of carboxylic acids is 1. The van der Waals surface area contributed by atoms with Gasteiger partial charge in [-0.2, -0.15) is 0 Å². The molecule has 2 atom stereocenters. The third-order valence-corrected chi connectivity index (χ3v) is 7.13. The van der Waals surface area contributed by atoms with Crippen LogP contribution in [-0.4, -0.2) is 81.3 Å². The van der Waals surface area contributed by atoms with Gasteiger partial charge >= 0.3 is 30.9 Å². The second-order valence-corrected chi connectivity index (χ2v) is 9.55. The number of rotatable bonds is 7. The number of hydrogen-bond donors (Lipinski definition) is 3. The van der Waals surface area contributed by atoms with E-state index in [1.807, 2.05) is 0 Å². The van der Waals surface area contributed by atoms with Gasteiger partial charge in [-0.25, -0.2) is 14.6 Å². The van der Waals surface area contributed by atoms with E-state index >= 15 is 0 Å². The normalized spacial score (nSPS) is 18.2. The number of carboxylic acid groups (broad SMARTS) is 1. The third-order valence-electron chi connectivity index (χ3n) is 6.52. The number of nitrogens with one attached hydrogen (secondary N) is 1. The topological polar surface area (TPSA) is 166 Å². The van der Waals surface area contributed by atoms with Crippen LogP contribution < -0.4 is 9.97 Å². The van der Waals surface area contributed by atoms with Crippen molar-refractivity contribution < 1.29 is 38.8 Å². The number of piperazine rings is 1. The third kappa shape index (κ3) is 5.20. The molecule has 2 aromatic rings. The van der Waals surface area contributed by atoms with Gasteiger partial charge in [0.15, 0.2) is 5.78 Å². The Hall–Kier alpha value is -3.78. The Balaban J connectivity index is 1.51. The molecule has 37 heavy (non-hydrogen) atoms. The first-order valence-corrected chi connectivity index (χ1v) is 12.6. The monoisotopic (exact) mass is 528 g/mol. The van der Waals surface area contributed by atoms with Crippen LogP contribution in [0.5, 0.6) is 5.75 Å². The van der Waals surface area contributed by atoms with Crippen molar-refractivity contribution in [3.8, 4) is 5.75 Å². The number of imide groups is 1. The number of thiazole rings is 1. The first-order valence-electron chi connectivity index (χ1n) is 11.6. The lowest BCUT2D eigenvalue weighted by molar-refractivity contribution is -0.153. The van der Waals surface area contributed by atoms with Crippen LogP contribution in [0.3, 0.4) is 0 Å². The van der Waals surface area contributed by atoms with E-state index in [1.165, 1.54) is 21.7 Å². The first-order chi connectivity index (χ1) is 17.6. The van der Waals surface area contributed by atoms with Gasteiger partial charge in [0.05, 0.1) is 11.2 Å². The number of amides is 4. The van der Waals surface area contributed by atoms with Crippen LogP contribution in [0.4, 0.5) is 4.79 Å². The second kappa shape index (κ2) is 10.7. The molecule has 1 saturated heterocycles. The number of Topliss-reactive ketones (excluding diaryl/α,β-unsaturated/α-hetero) is 1. The number of benzene rings is 1. The highest BCUT2D eigenvalue weighted by Gasteiger charge is 2.41. The number of urea groups is 1. The molecule has 14 heteroatoms. The Morgan fingerprint density at radius 1 is 1.27 bits per heavy atom. The van der Waals surface area contributed by atoms with Gasteiger partial charge in [-0.3, -0.25) is 19.3 Å². The molecule has 0 bridgehead atoms. The van der Waals surface area contributed by atoms with Gasteiger partial charge in [0.1, 0.15) is 17.4 Å². The maximum absolute atomic E-state index is 13.4. The van der Waals surface area contributed by atoms with Crippen LogP contribution in [0.2, 0.25) is 5.82 Å². The van der Waals surface area contributed by atoms with E-state index in [-0.39, 0.29) is 42.9 Å². The fourth-order valence-electron chi connectivity index (χ4n) is 4.49. The summed E-state index contributed by atoms with van der Waals surface area (Å²) in [6.07, 6.45) is -0.0532. The van der Waals surface area contributed by atoms with E-state index in [0.717, 1.165) is 4.90 Å².